The van der Waals surface area contributed by atoms with Crippen molar-refractivity contribution in [1.82, 2.24) is 25.1 Å². The molecule has 0 unspecified atom stereocenters. The molecule has 11 nitrogen and oxygen atoms in total. The van der Waals surface area contributed by atoms with Gasteiger partial charge in [-0.3, -0.25) is 19.4 Å². The summed E-state index contributed by atoms with van der Waals surface area (Å²) in [7, 11) is 0. The molecule has 5 aliphatic rings. The van der Waals surface area contributed by atoms with E-state index in [9.17, 15) is 14.4 Å². The molecule has 5 aliphatic heterocycles. The van der Waals surface area contributed by atoms with Gasteiger partial charge in [0.25, 0.3) is 11.8 Å². The summed E-state index contributed by atoms with van der Waals surface area (Å²) in [5.41, 5.74) is 5.51. The third-order valence-corrected chi connectivity index (χ3v) is 11.3. The predicted octanol–water partition coefficient (Wildman–Crippen LogP) is 5.60. The van der Waals surface area contributed by atoms with Crippen molar-refractivity contribution in [2.75, 3.05) is 88.3 Å². The second-order valence-corrected chi connectivity index (χ2v) is 15.7. The summed E-state index contributed by atoms with van der Waals surface area (Å²) in [6, 6.07) is 13.3. The molecule has 1 N–H and O–H groups in total. The number of nitrogens with zero attached hydrogens (tertiary/aromatic N) is 6. The SMILES string of the molecule is Brc1ccc(CN2CCNCC2)c(N2CCCCC2)c1.O=C(ON1C(=O)CCC1=O)N1CCN(Cc2ccc(Br)cc2N2CCCCC2)CC1. The van der Waals surface area contributed by atoms with E-state index in [4.69, 9.17) is 4.84 Å². The summed E-state index contributed by atoms with van der Waals surface area (Å²) in [5, 5.41) is 4.04. The summed E-state index contributed by atoms with van der Waals surface area (Å²) in [6.07, 6.45) is 7.39. The van der Waals surface area contributed by atoms with Crippen LogP contribution in [0.25, 0.3) is 0 Å². The van der Waals surface area contributed by atoms with E-state index in [-0.39, 0.29) is 12.8 Å². The first-order chi connectivity index (χ1) is 24.3. The van der Waals surface area contributed by atoms with E-state index >= 15 is 0 Å². The van der Waals surface area contributed by atoms with E-state index in [0.717, 1.165) is 56.8 Å². The molecule has 0 atom stereocenters. The van der Waals surface area contributed by atoms with E-state index in [0.29, 0.717) is 31.2 Å². The molecule has 0 aliphatic carbocycles. The predicted molar refractivity (Wildman–Crippen MR) is 203 cm³/mol. The van der Waals surface area contributed by atoms with E-state index in [1.54, 1.807) is 4.90 Å². The Labute approximate surface area is 313 Å². The van der Waals surface area contributed by atoms with Crippen molar-refractivity contribution in [3.8, 4) is 0 Å². The molecule has 0 saturated carbocycles. The van der Waals surface area contributed by atoms with Gasteiger partial charge in [-0.15, -0.1) is 5.06 Å². The molecule has 3 amide bonds. The maximum Gasteiger partial charge on any atom is 0.434 e. The minimum atomic E-state index is -0.629. The monoisotopic (exact) mass is 815 g/mol. The van der Waals surface area contributed by atoms with Crippen molar-refractivity contribution in [1.29, 1.82) is 0 Å². The van der Waals surface area contributed by atoms with Crippen LogP contribution in [-0.2, 0) is 27.5 Å². The van der Waals surface area contributed by atoms with Crippen LogP contribution in [0.4, 0.5) is 16.2 Å². The number of carbonyl (C=O) groups excluding carboxylic acids is 3. The molecule has 0 bridgehead atoms. The van der Waals surface area contributed by atoms with Crippen molar-refractivity contribution in [3.05, 3.63) is 56.5 Å². The van der Waals surface area contributed by atoms with Crippen molar-refractivity contribution in [3.63, 3.8) is 0 Å². The molecule has 13 heteroatoms. The highest BCUT2D eigenvalue weighted by atomic mass is 79.9. The highest BCUT2D eigenvalue weighted by Gasteiger charge is 2.35. The second kappa shape index (κ2) is 18.2. The fraction of sp³-hybridized carbons (Fsp3) is 0.595. The van der Waals surface area contributed by atoms with E-state index in [1.807, 2.05) is 0 Å². The number of amides is 3. The Bertz CT molecular complexity index is 1450. The number of carbonyl (C=O) groups is 3. The van der Waals surface area contributed by atoms with Crippen molar-refractivity contribution in [2.45, 2.75) is 64.5 Å². The number of imide groups is 1. The largest absolute Gasteiger partial charge is 0.434 e. The van der Waals surface area contributed by atoms with Crippen LogP contribution in [0, 0.1) is 0 Å². The van der Waals surface area contributed by atoms with Gasteiger partial charge < -0.3 is 24.9 Å². The molecular formula is C37H51Br2N7O4. The summed E-state index contributed by atoms with van der Waals surface area (Å²) in [6.45, 7) is 13.5. The van der Waals surface area contributed by atoms with Crippen molar-refractivity contribution in [2.24, 2.45) is 0 Å². The number of nitrogens with one attached hydrogen (secondary N) is 1. The number of anilines is 2. The first kappa shape index (κ1) is 37.1. The summed E-state index contributed by atoms with van der Waals surface area (Å²) >= 11 is 7.24. The Kier molecular flexibility index (Phi) is 13.5. The third-order valence-electron chi connectivity index (χ3n) is 10.3. The smallest absolute Gasteiger partial charge is 0.371 e. The number of hydroxylamine groups is 2. The molecule has 272 valence electrons. The average Bonchev–Trinajstić information content (AvgIpc) is 3.47. The lowest BCUT2D eigenvalue weighted by atomic mass is 10.1. The van der Waals surface area contributed by atoms with Crippen LogP contribution in [0.5, 0.6) is 0 Å². The number of halogens is 2. The van der Waals surface area contributed by atoms with Gasteiger partial charge in [0.05, 0.1) is 0 Å². The van der Waals surface area contributed by atoms with Gasteiger partial charge in [-0.2, -0.15) is 0 Å². The standard InChI is InChI=1S/C21H27BrN4O4.C16H24BrN3/c22-17-5-4-16(18(14-17)24-8-2-1-3-9-24)15-23-10-12-25(13-11-23)21(29)30-26-19(27)6-7-20(26)28;17-15-5-4-14(13-19-10-6-18-7-11-19)16(12-15)20-8-2-1-3-9-20/h4-5,14H,1-3,6-13,15H2;4-5,12,18H,1-3,6-11,13H2. The lowest BCUT2D eigenvalue weighted by Crippen LogP contribution is -2.50. The minimum absolute atomic E-state index is 0.104. The topological polar surface area (TPSA) is 91.9 Å². The van der Waals surface area contributed by atoms with E-state index < -0.39 is 17.9 Å². The van der Waals surface area contributed by atoms with E-state index in [1.165, 1.54) is 78.6 Å². The fourth-order valence-electron chi connectivity index (χ4n) is 7.43. The van der Waals surface area contributed by atoms with Crippen LogP contribution in [-0.4, -0.2) is 116 Å². The van der Waals surface area contributed by atoms with Crippen LogP contribution >= 0.6 is 31.9 Å². The zero-order valence-corrected chi connectivity index (χ0v) is 32.3. The maximum absolute atomic E-state index is 12.3. The van der Waals surface area contributed by atoms with Crippen LogP contribution < -0.4 is 15.1 Å². The average molecular weight is 818 g/mol. The Morgan fingerprint density at radius 1 is 0.620 bits per heavy atom. The number of benzene rings is 2. The van der Waals surface area contributed by atoms with E-state index in [2.05, 4.69) is 93.2 Å². The third kappa shape index (κ3) is 9.99. The number of piperidine rings is 2. The number of hydrogen-bond donors (Lipinski definition) is 1. The number of rotatable bonds is 7. The lowest BCUT2D eigenvalue weighted by molar-refractivity contribution is -0.174. The minimum Gasteiger partial charge on any atom is -0.371 e. The van der Waals surface area contributed by atoms with Crippen molar-refractivity contribution >= 4 is 61.1 Å². The molecule has 2 aromatic rings. The molecule has 0 spiro atoms. The van der Waals surface area contributed by atoms with Crippen LogP contribution in [0.2, 0.25) is 0 Å². The Morgan fingerprint density at radius 2 is 1.08 bits per heavy atom. The zero-order valence-electron chi connectivity index (χ0n) is 29.1. The molecular weight excluding hydrogens is 766 g/mol. The van der Waals surface area contributed by atoms with Gasteiger partial charge >= 0.3 is 6.09 Å². The van der Waals surface area contributed by atoms with Gasteiger partial charge in [0, 0.05) is 125 Å². The van der Waals surface area contributed by atoms with Crippen LogP contribution in [0.1, 0.15) is 62.5 Å². The summed E-state index contributed by atoms with van der Waals surface area (Å²) in [4.78, 5) is 52.1. The van der Waals surface area contributed by atoms with Gasteiger partial charge in [-0.25, -0.2) is 4.79 Å². The molecule has 0 radical (unpaired) electrons. The second-order valence-electron chi connectivity index (χ2n) is 13.9. The molecule has 5 heterocycles. The summed E-state index contributed by atoms with van der Waals surface area (Å²) in [5.74, 6) is -0.903. The quantitative estimate of drug-likeness (QED) is 0.359. The maximum atomic E-state index is 12.3. The lowest BCUT2D eigenvalue weighted by Gasteiger charge is -2.36. The number of piperazine rings is 2. The highest BCUT2D eigenvalue weighted by Crippen LogP contribution is 2.30. The Morgan fingerprint density at radius 3 is 1.56 bits per heavy atom. The van der Waals surface area contributed by atoms with Gasteiger partial charge in [-0.05, 0) is 73.9 Å². The van der Waals surface area contributed by atoms with Crippen LogP contribution in [0.3, 0.4) is 0 Å². The molecule has 2 aromatic carbocycles. The number of hydrogen-bond acceptors (Lipinski definition) is 9. The van der Waals surface area contributed by atoms with Crippen LogP contribution in [0.15, 0.2) is 45.3 Å². The molecule has 50 heavy (non-hydrogen) atoms. The Balaban J connectivity index is 0.000000187. The zero-order chi connectivity index (χ0) is 34.9. The fourth-order valence-corrected chi connectivity index (χ4v) is 8.13. The van der Waals surface area contributed by atoms with Crippen molar-refractivity contribution < 1.29 is 19.2 Å². The molecule has 0 aromatic heterocycles. The molecule has 7 rings (SSSR count). The Hall–Kier alpha value is -2.71. The van der Waals surface area contributed by atoms with Gasteiger partial charge in [0.1, 0.15) is 0 Å². The molecule has 5 saturated heterocycles. The van der Waals surface area contributed by atoms with Gasteiger partial charge in [-0.1, -0.05) is 44.0 Å². The normalized spacial score (nSPS) is 20.9. The van der Waals surface area contributed by atoms with Gasteiger partial charge in [0.15, 0.2) is 0 Å². The molecule has 5 fully saturated rings. The highest BCUT2D eigenvalue weighted by molar-refractivity contribution is 9.10. The summed E-state index contributed by atoms with van der Waals surface area (Å²) < 4.78 is 2.28. The first-order valence-corrected chi connectivity index (χ1v) is 20.0. The first-order valence-electron chi connectivity index (χ1n) is 18.4. The van der Waals surface area contributed by atoms with Gasteiger partial charge in [0.2, 0.25) is 0 Å².